The van der Waals surface area contributed by atoms with E-state index in [-0.39, 0.29) is 0 Å². The first-order valence-corrected chi connectivity index (χ1v) is 6.08. The summed E-state index contributed by atoms with van der Waals surface area (Å²) < 4.78 is 11.8. The Morgan fingerprint density at radius 1 is 1.45 bits per heavy atom. The van der Waals surface area contributed by atoms with Gasteiger partial charge in [0.25, 0.3) is 0 Å². The molecule has 0 bridgehead atoms. The van der Waals surface area contributed by atoms with Gasteiger partial charge in [-0.2, -0.15) is 10.1 Å². The van der Waals surface area contributed by atoms with Crippen LogP contribution < -0.4 is 0 Å². The molecule has 0 aromatic carbocycles. The molecule has 0 aliphatic rings. The second-order valence-electron chi connectivity index (χ2n) is 4.30. The second kappa shape index (κ2) is 4.76. The average molecular weight is 272 g/mol. The minimum atomic E-state index is -0.580. The van der Waals surface area contributed by atoms with Crippen LogP contribution in [0.25, 0.3) is 5.52 Å². The topological polar surface area (TPSA) is 82.5 Å². The Bertz CT molecular complexity index is 762. The molecule has 102 valence electrons. The van der Waals surface area contributed by atoms with E-state index in [4.69, 9.17) is 9.26 Å². The number of fused-ring (bicyclic) bond motifs is 1. The summed E-state index contributed by atoms with van der Waals surface area (Å²) in [5.41, 5.74) is 1.13. The molecule has 1 atom stereocenters. The number of nitrogens with zero attached hydrogens (tertiary/aromatic N) is 4. The quantitative estimate of drug-likeness (QED) is 0.678. The van der Waals surface area contributed by atoms with Crippen LogP contribution in [-0.4, -0.2) is 25.7 Å². The number of hydrogen-bond donors (Lipinski definition) is 0. The first-order valence-electron chi connectivity index (χ1n) is 6.08. The number of pyridine rings is 1. The third-order valence-electron chi connectivity index (χ3n) is 2.85. The number of hydrogen-bond acceptors (Lipinski definition) is 6. The third-order valence-corrected chi connectivity index (χ3v) is 2.85. The molecule has 0 amide bonds. The summed E-state index contributed by atoms with van der Waals surface area (Å²) in [5.74, 6) is 0.322. The van der Waals surface area contributed by atoms with E-state index in [2.05, 4.69) is 15.2 Å². The monoisotopic (exact) mass is 272 g/mol. The molecular formula is C13H12N4O3. The van der Waals surface area contributed by atoms with Crippen LogP contribution in [0.5, 0.6) is 0 Å². The Balaban J connectivity index is 1.84. The van der Waals surface area contributed by atoms with E-state index < -0.39 is 12.1 Å². The van der Waals surface area contributed by atoms with Crippen molar-refractivity contribution in [2.24, 2.45) is 0 Å². The van der Waals surface area contributed by atoms with Gasteiger partial charge in [-0.1, -0.05) is 5.16 Å². The van der Waals surface area contributed by atoms with Crippen LogP contribution in [-0.2, 0) is 4.74 Å². The van der Waals surface area contributed by atoms with Crippen molar-refractivity contribution in [3.63, 3.8) is 0 Å². The van der Waals surface area contributed by atoms with Crippen LogP contribution in [0.2, 0.25) is 0 Å². The van der Waals surface area contributed by atoms with Gasteiger partial charge >= 0.3 is 5.97 Å². The number of rotatable bonds is 3. The summed E-state index contributed by atoms with van der Waals surface area (Å²) in [6, 6.07) is 5.17. The van der Waals surface area contributed by atoms with Gasteiger partial charge in [0.1, 0.15) is 0 Å². The lowest BCUT2D eigenvalue weighted by Gasteiger charge is -2.10. The molecule has 0 spiro atoms. The summed E-state index contributed by atoms with van der Waals surface area (Å²) in [6.45, 7) is 3.37. The van der Waals surface area contributed by atoms with E-state index in [0.29, 0.717) is 22.8 Å². The molecule has 1 unspecified atom stereocenters. The van der Waals surface area contributed by atoms with Crippen LogP contribution in [0.15, 0.2) is 35.1 Å². The van der Waals surface area contributed by atoms with Crippen LogP contribution in [0.4, 0.5) is 0 Å². The fourth-order valence-corrected chi connectivity index (χ4v) is 1.88. The molecule has 0 aliphatic heterocycles. The minimum absolute atomic E-state index is 0.344. The first kappa shape index (κ1) is 12.3. The predicted octanol–water partition coefficient (Wildman–Crippen LogP) is 1.94. The molecule has 3 heterocycles. The minimum Gasteiger partial charge on any atom is -0.451 e. The first-order chi connectivity index (χ1) is 9.65. The summed E-state index contributed by atoms with van der Waals surface area (Å²) in [4.78, 5) is 16.2. The molecular weight excluding hydrogens is 260 g/mol. The normalized spacial score (nSPS) is 12.5. The molecule has 3 aromatic rings. The van der Waals surface area contributed by atoms with Crippen LogP contribution in [0, 0.1) is 6.92 Å². The van der Waals surface area contributed by atoms with Gasteiger partial charge in [0.2, 0.25) is 11.7 Å². The Hall–Kier alpha value is -2.70. The Morgan fingerprint density at radius 3 is 3.05 bits per heavy atom. The lowest BCUT2D eigenvalue weighted by Crippen LogP contribution is -2.11. The SMILES string of the molecule is Cc1nc(C(C)OC(=O)c2cccn3nccc23)no1. The molecule has 0 saturated heterocycles. The van der Waals surface area contributed by atoms with E-state index in [1.165, 1.54) is 0 Å². The van der Waals surface area contributed by atoms with Crippen LogP contribution >= 0.6 is 0 Å². The van der Waals surface area contributed by atoms with Gasteiger partial charge in [-0.15, -0.1) is 0 Å². The van der Waals surface area contributed by atoms with E-state index in [1.54, 1.807) is 49.0 Å². The van der Waals surface area contributed by atoms with Gasteiger partial charge in [-0.05, 0) is 25.1 Å². The molecule has 0 radical (unpaired) electrons. The maximum absolute atomic E-state index is 12.2. The van der Waals surface area contributed by atoms with Crippen LogP contribution in [0.1, 0.15) is 35.1 Å². The zero-order valence-corrected chi connectivity index (χ0v) is 11.0. The van der Waals surface area contributed by atoms with Gasteiger partial charge < -0.3 is 9.26 Å². The highest BCUT2D eigenvalue weighted by atomic mass is 16.5. The maximum atomic E-state index is 12.2. The lowest BCUT2D eigenvalue weighted by molar-refractivity contribution is 0.0317. The highest BCUT2D eigenvalue weighted by Crippen LogP contribution is 2.18. The fraction of sp³-hybridized carbons (Fsp3) is 0.231. The van der Waals surface area contributed by atoms with Crippen molar-refractivity contribution in [3.8, 4) is 0 Å². The van der Waals surface area contributed by atoms with Crippen molar-refractivity contribution in [3.05, 3.63) is 47.9 Å². The summed E-state index contributed by atoms with van der Waals surface area (Å²) >= 11 is 0. The van der Waals surface area contributed by atoms with Crippen molar-refractivity contribution in [2.75, 3.05) is 0 Å². The van der Waals surface area contributed by atoms with E-state index in [1.807, 2.05) is 0 Å². The standard InChI is InChI=1S/C13H12N4O3/c1-8(12-15-9(2)20-16-12)19-13(18)10-4-3-7-17-11(10)5-6-14-17/h3-8H,1-2H3. The number of aryl methyl sites for hydroxylation is 1. The van der Waals surface area contributed by atoms with Crippen molar-refractivity contribution in [2.45, 2.75) is 20.0 Å². The number of carbonyl (C=O) groups is 1. The number of aromatic nitrogens is 4. The highest BCUT2D eigenvalue weighted by Gasteiger charge is 2.19. The van der Waals surface area contributed by atoms with Gasteiger partial charge in [0, 0.05) is 13.1 Å². The zero-order chi connectivity index (χ0) is 14.1. The smallest absolute Gasteiger partial charge is 0.341 e. The lowest BCUT2D eigenvalue weighted by atomic mass is 10.2. The van der Waals surface area contributed by atoms with E-state index in [0.717, 1.165) is 0 Å². The molecule has 7 nitrogen and oxygen atoms in total. The van der Waals surface area contributed by atoms with Crippen molar-refractivity contribution in [1.82, 2.24) is 19.8 Å². The van der Waals surface area contributed by atoms with Gasteiger partial charge in [-0.25, -0.2) is 9.31 Å². The summed E-state index contributed by atoms with van der Waals surface area (Å²) in [7, 11) is 0. The zero-order valence-electron chi connectivity index (χ0n) is 11.0. The third kappa shape index (κ3) is 2.13. The predicted molar refractivity (Wildman–Crippen MR) is 68.1 cm³/mol. The molecule has 3 rings (SSSR count). The van der Waals surface area contributed by atoms with E-state index >= 15 is 0 Å². The van der Waals surface area contributed by atoms with Crippen molar-refractivity contribution in [1.29, 1.82) is 0 Å². The molecule has 3 aromatic heterocycles. The molecule has 20 heavy (non-hydrogen) atoms. The molecule has 0 fully saturated rings. The van der Waals surface area contributed by atoms with Crippen molar-refractivity contribution < 1.29 is 14.1 Å². The Morgan fingerprint density at radius 2 is 2.30 bits per heavy atom. The van der Waals surface area contributed by atoms with Crippen LogP contribution in [0.3, 0.4) is 0 Å². The Labute approximate surface area is 114 Å². The largest absolute Gasteiger partial charge is 0.451 e. The van der Waals surface area contributed by atoms with Crippen molar-refractivity contribution >= 4 is 11.5 Å². The average Bonchev–Trinajstić information content (AvgIpc) is 3.06. The summed E-state index contributed by atoms with van der Waals surface area (Å²) in [5, 5.41) is 7.81. The maximum Gasteiger partial charge on any atom is 0.341 e. The summed E-state index contributed by atoms with van der Waals surface area (Å²) in [6.07, 6.45) is 2.80. The highest BCUT2D eigenvalue weighted by molar-refractivity contribution is 5.96. The molecule has 0 N–H and O–H groups in total. The molecule has 7 heteroatoms. The number of esters is 1. The van der Waals surface area contributed by atoms with Gasteiger partial charge in [0.15, 0.2) is 6.10 Å². The van der Waals surface area contributed by atoms with Gasteiger partial charge in [-0.3, -0.25) is 0 Å². The number of ether oxygens (including phenoxy) is 1. The molecule has 0 aliphatic carbocycles. The number of carbonyl (C=O) groups excluding carboxylic acids is 1. The van der Waals surface area contributed by atoms with Gasteiger partial charge in [0.05, 0.1) is 17.3 Å². The Kier molecular flexibility index (Phi) is 2.94. The second-order valence-corrected chi connectivity index (χ2v) is 4.30. The fourth-order valence-electron chi connectivity index (χ4n) is 1.88. The van der Waals surface area contributed by atoms with E-state index in [9.17, 15) is 4.79 Å². The molecule has 0 saturated carbocycles.